The Labute approximate surface area is 160 Å². The first-order valence-electron chi connectivity index (χ1n) is 8.49. The molecule has 0 saturated carbocycles. The van der Waals surface area contributed by atoms with Crippen molar-refractivity contribution in [1.82, 2.24) is 10.1 Å². The van der Waals surface area contributed by atoms with Gasteiger partial charge in [0.1, 0.15) is 5.75 Å². The standard InChI is InChI=1S/C19H18N4O5/c1-12-15(4-3-5-16(12)23(25)26)20-17(24)10-11-18-21-19(22-28-18)13-6-8-14(27-2)9-7-13/h3-9H,10-11H2,1-2H3,(H,20,24). The number of anilines is 1. The molecule has 0 unspecified atom stereocenters. The van der Waals surface area contributed by atoms with Gasteiger partial charge in [0.05, 0.1) is 23.3 Å². The van der Waals surface area contributed by atoms with Crippen LogP contribution in [0.3, 0.4) is 0 Å². The Morgan fingerprint density at radius 3 is 2.68 bits per heavy atom. The van der Waals surface area contributed by atoms with Crippen molar-refractivity contribution in [3.05, 3.63) is 64.0 Å². The number of nitrogens with one attached hydrogen (secondary N) is 1. The molecule has 1 N–H and O–H groups in total. The maximum absolute atomic E-state index is 12.2. The molecule has 1 amide bonds. The maximum atomic E-state index is 12.2. The lowest BCUT2D eigenvalue weighted by Gasteiger charge is -2.07. The van der Waals surface area contributed by atoms with Crippen LogP contribution < -0.4 is 10.1 Å². The van der Waals surface area contributed by atoms with Crippen molar-refractivity contribution in [2.75, 3.05) is 12.4 Å². The molecule has 1 aromatic heterocycles. The summed E-state index contributed by atoms with van der Waals surface area (Å²) in [6.45, 7) is 1.59. The highest BCUT2D eigenvalue weighted by molar-refractivity contribution is 5.92. The van der Waals surface area contributed by atoms with Gasteiger partial charge >= 0.3 is 0 Å². The highest BCUT2D eigenvalue weighted by atomic mass is 16.6. The van der Waals surface area contributed by atoms with E-state index in [-0.39, 0.29) is 24.4 Å². The summed E-state index contributed by atoms with van der Waals surface area (Å²) in [6, 6.07) is 11.7. The molecule has 0 aliphatic rings. The van der Waals surface area contributed by atoms with Gasteiger partial charge in [0.25, 0.3) is 5.69 Å². The monoisotopic (exact) mass is 382 g/mol. The van der Waals surface area contributed by atoms with Crippen molar-refractivity contribution in [3.63, 3.8) is 0 Å². The number of nitrogens with zero attached hydrogens (tertiary/aromatic N) is 3. The predicted molar refractivity (Wildman–Crippen MR) is 101 cm³/mol. The van der Waals surface area contributed by atoms with Gasteiger partial charge in [-0.2, -0.15) is 4.98 Å². The first kappa shape index (κ1) is 19.0. The van der Waals surface area contributed by atoms with Gasteiger partial charge in [-0.3, -0.25) is 14.9 Å². The van der Waals surface area contributed by atoms with E-state index >= 15 is 0 Å². The highest BCUT2D eigenvalue weighted by Crippen LogP contribution is 2.25. The fourth-order valence-corrected chi connectivity index (χ4v) is 2.60. The van der Waals surface area contributed by atoms with Crippen LogP contribution in [-0.4, -0.2) is 28.1 Å². The van der Waals surface area contributed by atoms with E-state index in [0.29, 0.717) is 23.0 Å². The maximum Gasteiger partial charge on any atom is 0.274 e. The number of carbonyl (C=O) groups excluding carboxylic acids is 1. The number of ether oxygens (including phenoxy) is 1. The molecule has 144 valence electrons. The van der Waals surface area contributed by atoms with Crippen LogP contribution in [-0.2, 0) is 11.2 Å². The smallest absolute Gasteiger partial charge is 0.274 e. The number of amides is 1. The third-order valence-electron chi connectivity index (χ3n) is 4.16. The van der Waals surface area contributed by atoms with E-state index in [1.165, 1.54) is 12.1 Å². The molecule has 0 fully saturated rings. The molecular weight excluding hydrogens is 364 g/mol. The van der Waals surface area contributed by atoms with Crippen molar-refractivity contribution in [1.29, 1.82) is 0 Å². The lowest BCUT2D eigenvalue weighted by Crippen LogP contribution is -2.13. The van der Waals surface area contributed by atoms with E-state index < -0.39 is 4.92 Å². The number of carbonyl (C=O) groups is 1. The summed E-state index contributed by atoms with van der Waals surface area (Å²) in [5.41, 5.74) is 1.54. The molecule has 3 rings (SSSR count). The van der Waals surface area contributed by atoms with Crippen LogP contribution in [0.2, 0.25) is 0 Å². The minimum absolute atomic E-state index is 0.0427. The molecule has 0 spiro atoms. The Balaban J connectivity index is 1.60. The zero-order chi connectivity index (χ0) is 20.1. The van der Waals surface area contributed by atoms with Gasteiger partial charge in [-0.15, -0.1) is 0 Å². The van der Waals surface area contributed by atoms with Gasteiger partial charge in [-0.25, -0.2) is 0 Å². The van der Waals surface area contributed by atoms with E-state index in [0.717, 1.165) is 11.3 Å². The Hall–Kier alpha value is -3.75. The molecule has 28 heavy (non-hydrogen) atoms. The Kier molecular flexibility index (Phi) is 5.64. The van der Waals surface area contributed by atoms with Gasteiger partial charge in [-0.05, 0) is 37.3 Å². The molecule has 9 nitrogen and oxygen atoms in total. The van der Waals surface area contributed by atoms with Crippen LogP contribution in [0.4, 0.5) is 11.4 Å². The van der Waals surface area contributed by atoms with E-state index in [1.54, 1.807) is 32.2 Å². The Morgan fingerprint density at radius 1 is 1.25 bits per heavy atom. The molecule has 0 bridgehead atoms. The van der Waals surface area contributed by atoms with Crippen LogP contribution in [0.15, 0.2) is 47.0 Å². The quantitative estimate of drug-likeness (QED) is 0.490. The normalized spacial score (nSPS) is 10.5. The largest absolute Gasteiger partial charge is 0.497 e. The Bertz CT molecular complexity index is 998. The fraction of sp³-hybridized carbons (Fsp3) is 0.211. The van der Waals surface area contributed by atoms with E-state index in [4.69, 9.17) is 9.26 Å². The van der Waals surface area contributed by atoms with Gasteiger partial charge in [0, 0.05) is 24.5 Å². The summed E-state index contributed by atoms with van der Waals surface area (Å²) in [5.74, 6) is 1.18. The second-order valence-corrected chi connectivity index (χ2v) is 6.00. The number of hydrogen-bond donors (Lipinski definition) is 1. The third kappa shape index (κ3) is 4.32. The number of aryl methyl sites for hydroxylation is 1. The van der Waals surface area contributed by atoms with Gasteiger partial charge in [0.15, 0.2) is 0 Å². The minimum Gasteiger partial charge on any atom is -0.497 e. The van der Waals surface area contributed by atoms with Gasteiger partial charge < -0.3 is 14.6 Å². The first-order chi connectivity index (χ1) is 13.5. The van der Waals surface area contributed by atoms with Crippen LogP contribution in [0, 0.1) is 17.0 Å². The number of hydrogen-bond acceptors (Lipinski definition) is 7. The summed E-state index contributed by atoms with van der Waals surface area (Å²) in [7, 11) is 1.58. The van der Waals surface area contributed by atoms with Crippen LogP contribution in [0.25, 0.3) is 11.4 Å². The number of aromatic nitrogens is 2. The molecule has 0 atom stereocenters. The summed E-state index contributed by atoms with van der Waals surface area (Å²) >= 11 is 0. The molecular formula is C19H18N4O5. The van der Waals surface area contributed by atoms with E-state index in [2.05, 4.69) is 15.5 Å². The third-order valence-corrected chi connectivity index (χ3v) is 4.16. The lowest BCUT2D eigenvalue weighted by atomic mass is 10.1. The molecule has 3 aromatic rings. The van der Waals surface area contributed by atoms with Crippen LogP contribution >= 0.6 is 0 Å². The predicted octanol–water partition coefficient (Wildman–Crippen LogP) is 3.53. The molecule has 0 aliphatic heterocycles. The molecule has 0 saturated heterocycles. The van der Waals surface area contributed by atoms with Crippen molar-refractivity contribution in [2.45, 2.75) is 19.8 Å². The Morgan fingerprint density at radius 2 is 2.00 bits per heavy atom. The van der Waals surface area contributed by atoms with E-state index in [1.807, 2.05) is 12.1 Å². The second-order valence-electron chi connectivity index (χ2n) is 6.00. The van der Waals surface area contributed by atoms with E-state index in [9.17, 15) is 14.9 Å². The zero-order valence-corrected chi connectivity index (χ0v) is 15.3. The number of nitro groups is 1. The van der Waals surface area contributed by atoms with Crippen LogP contribution in [0.1, 0.15) is 17.9 Å². The topological polar surface area (TPSA) is 120 Å². The SMILES string of the molecule is COc1ccc(-c2noc(CCC(=O)Nc3cccc([N+](=O)[O-])c3C)n2)cc1. The number of methoxy groups -OCH3 is 1. The minimum atomic E-state index is -0.482. The van der Waals surface area contributed by atoms with Crippen LogP contribution in [0.5, 0.6) is 5.75 Å². The fourth-order valence-electron chi connectivity index (χ4n) is 2.60. The summed E-state index contributed by atoms with van der Waals surface area (Å²) < 4.78 is 10.3. The highest BCUT2D eigenvalue weighted by Gasteiger charge is 2.16. The first-order valence-corrected chi connectivity index (χ1v) is 8.49. The number of benzene rings is 2. The summed E-state index contributed by atoms with van der Waals surface area (Å²) in [4.78, 5) is 27.0. The molecule has 9 heteroatoms. The lowest BCUT2D eigenvalue weighted by molar-refractivity contribution is -0.385. The van der Waals surface area contributed by atoms with Gasteiger partial charge in [0.2, 0.25) is 17.6 Å². The van der Waals surface area contributed by atoms with Crippen molar-refractivity contribution in [3.8, 4) is 17.1 Å². The number of nitro benzene ring substituents is 1. The average molecular weight is 382 g/mol. The summed E-state index contributed by atoms with van der Waals surface area (Å²) in [6.07, 6.45) is 0.356. The molecule has 0 aliphatic carbocycles. The summed E-state index contributed by atoms with van der Waals surface area (Å²) in [5, 5.41) is 17.6. The molecule has 1 heterocycles. The second kappa shape index (κ2) is 8.30. The van der Waals surface area contributed by atoms with Crippen molar-refractivity contribution in [2.24, 2.45) is 0 Å². The van der Waals surface area contributed by atoms with Crippen molar-refractivity contribution < 1.29 is 19.0 Å². The molecule has 2 aromatic carbocycles. The van der Waals surface area contributed by atoms with Crippen molar-refractivity contribution >= 4 is 17.3 Å². The average Bonchev–Trinajstić information content (AvgIpc) is 3.17. The molecule has 0 radical (unpaired) electrons. The zero-order valence-electron chi connectivity index (χ0n) is 15.3. The number of rotatable bonds is 7. The van der Waals surface area contributed by atoms with Gasteiger partial charge in [-0.1, -0.05) is 11.2 Å².